The summed E-state index contributed by atoms with van der Waals surface area (Å²) in [6, 6.07) is 0.236. The number of nitrogens with one attached hydrogen (secondary N) is 2. The molecular formula is C11H20N6O2. The fraction of sp³-hybridized carbons (Fsp3) is 0.727. The van der Waals surface area contributed by atoms with Crippen LogP contribution in [0.5, 0.6) is 6.01 Å². The lowest BCUT2D eigenvalue weighted by Crippen LogP contribution is -2.17. The van der Waals surface area contributed by atoms with Gasteiger partial charge in [0.05, 0.1) is 12.7 Å². The van der Waals surface area contributed by atoms with Crippen molar-refractivity contribution in [3.8, 4) is 6.01 Å². The number of rotatable bonds is 6. The third kappa shape index (κ3) is 3.90. The zero-order valence-electron chi connectivity index (χ0n) is 11.0. The van der Waals surface area contributed by atoms with Crippen molar-refractivity contribution in [1.29, 1.82) is 0 Å². The summed E-state index contributed by atoms with van der Waals surface area (Å²) in [5.41, 5.74) is 2.38. The zero-order valence-corrected chi connectivity index (χ0v) is 11.0. The van der Waals surface area contributed by atoms with Gasteiger partial charge in [-0.05, 0) is 32.1 Å². The second-order valence-corrected chi connectivity index (χ2v) is 4.56. The van der Waals surface area contributed by atoms with Gasteiger partial charge in [0.1, 0.15) is 0 Å². The molecule has 0 bridgehead atoms. The van der Waals surface area contributed by atoms with Crippen LogP contribution >= 0.6 is 0 Å². The summed E-state index contributed by atoms with van der Waals surface area (Å²) in [5.74, 6) is 6.42. The van der Waals surface area contributed by atoms with E-state index in [1.165, 1.54) is 0 Å². The Morgan fingerprint density at radius 2 is 2.11 bits per heavy atom. The predicted molar refractivity (Wildman–Crippen MR) is 70.6 cm³/mol. The van der Waals surface area contributed by atoms with Gasteiger partial charge in [0, 0.05) is 6.54 Å². The molecule has 1 aliphatic carbocycles. The van der Waals surface area contributed by atoms with Crippen LogP contribution < -0.4 is 21.3 Å². The summed E-state index contributed by atoms with van der Waals surface area (Å²) >= 11 is 0. The van der Waals surface area contributed by atoms with Gasteiger partial charge < -0.3 is 15.2 Å². The van der Waals surface area contributed by atoms with Gasteiger partial charge in [-0.2, -0.15) is 15.0 Å². The smallest absolute Gasteiger partial charge is 0.323 e. The molecule has 2 rings (SSSR count). The Labute approximate surface area is 111 Å². The third-order valence-electron chi connectivity index (χ3n) is 3.08. The van der Waals surface area contributed by atoms with Crippen molar-refractivity contribution in [2.45, 2.75) is 32.3 Å². The van der Waals surface area contributed by atoms with Crippen molar-refractivity contribution in [2.75, 3.05) is 23.9 Å². The van der Waals surface area contributed by atoms with E-state index < -0.39 is 0 Å². The van der Waals surface area contributed by atoms with E-state index in [2.05, 4.69) is 25.7 Å². The molecule has 0 aliphatic heterocycles. The summed E-state index contributed by atoms with van der Waals surface area (Å²) in [6.45, 7) is 3.05. The largest absolute Gasteiger partial charge is 0.464 e. The van der Waals surface area contributed by atoms with E-state index in [0.717, 1.165) is 25.8 Å². The molecule has 0 radical (unpaired) electrons. The molecule has 8 nitrogen and oxygen atoms in total. The van der Waals surface area contributed by atoms with E-state index in [0.29, 0.717) is 18.5 Å². The standard InChI is InChI=1S/C11H20N6O2/c1-2-19-11-15-9(14-10(16-11)17-12)13-6-7-3-4-8(18)5-7/h7-8,18H,2-6,12H2,1H3,(H2,13,14,15,16,17). The van der Waals surface area contributed by atoms with E-state index >= 15 is 0 Å². The van der Waals surface area contributed by atoms with Crippen LogP contribution in [0.15, 0.2) is 0 Å². The fourth-order valence-corrected chi connectivity index (χ4v) is 2.16. The quantitative estimate of drug-likeness (QED) is 0.424. The molecule has 1 heterocycles. The molecule has 8 heteroatoms. The lowest BCUT2D eigenvalue weighted by Gasteiger charge is -2.12. The van der Waals surface area contributed by atoms with E-state index in [1.807, 2.05) is 6.92 Å². The molecule has 1 aliphatic rings. The molecule has 1 fully saturated rings. The maximum atomic E-state index is 9.48. The molecule has 2 atom stereocenters. The fourth-order valence-electron chi connectivity index (χ4n) is 2.16. The molecule has 0 spiro atoms. The molecular weight excluding hydrogens is 248 g/mol. The summed E-state index contributed by atoms with van der Waals surface area (Å²) in [5, 5.41) is 12.6. The van der Waals surface area contributed by atoms with Crippen molar-refractivity contribution < 1.29 is 9.84 Å². The molecule has 1 saturated carbocycles. The van der Waals surface area contributed by atoms with Gasteiger partial charge in [0.15, 0.2) is 0 Å². The molecule has 1 aromatic heterocycles. The number of aliphatic hydroxyl groups is 1. The van der Waals surface area contributed by atoms with Crippen molar-refractivity contribution >= 4 is 11.9 Å². The zero-order chi connectivity index (χ0) is 13.7. The third-order valence-corrected chi connectivity index (χ3v) is 3.08. The Hall–Kier alpha value is -1.67. The number of nitrogens with two attached hydrogens (primary N) is 1. The number of aliphatic hydroxyl groups excluding tert-OH is 1. The number of aromatic nitrogens is 3. The minimum atomic E-state index is -0.176. The van der Waals surface area contributed by atoms with Crippen LogP contribution in [-0.2, 0) is 0 Å². The Bertz CT molecular complexity index is 416. The highest BCUT2D eigenvalue weighted by Crippen LogP contribution is 2.25. The van der Waals surface area contributed by atoms with Crippen LogP contribution in [0.4, 0.5) is 11.9 Å². The van der Waals surface area contributed by atoms with Crippen LogP contribution in [0.2, 0.25) is 0 Å². The van der Waals surface area contributed by atoms with Crippen LogP contribution in [0.1, 0.15) is 26.2 Å². The average molecular weight is 268 g/mol. The second kappa shape index (κ2) is 6.48. The monoisotopic (exact) mass is 268 g/mol. The van der Waals surface area contributed by atoms with Gasteiger partial charge in [-0.25, -0.2) is 5.84 Å². The van der Waals surface area contributed by atoms with Gasteiger partial charge in [0.2, 0.25) is 11.9 Å². The number of hydrogen-bond acceptors (Lipinski definition) is 8. The van der Waals surface area contributed by atoms with E-state index in [1.54, 1.807) is 0 Å². The van der Waals surface area contributed by atoms with Crippen molar-refractivity contribution in [3.05, 3.63) is 0 Å². The number of ether oxygens (including phenoxy) is 1. The predicted octanol–water partition coefficient (Wildman–Crippen LogP) is 0.129. The maximum absolute atomic E-state index is 9.48. The molecule has 0 saturated heterocycles. The first-order chi connectivity index (χ1) is 9.21. The lowest BCUT2D eigenvalue weighted by molar-refractivity contribution is 0.178. The SMILES string of the molecule is CCOc1nc(NN)nc(NCC2CCC(O)C2)n1. The van der Waals surface area contributed by atoms with Crippen molar-refractivity contribution in [1.82, 2.24) is 15.0 Å². The lowest BCUT2D eigenvalue weighted by atomic mass is 10.1. The minimum Gasteiger partial charge on any atom is -0.464 e. The van der Waals surface area contributed by atoms with Gasteiger partial charge in [0.25, 0.3) is 0 Å². The Morgan fingerprint density at radius 3 is 2.74 bits per heavy atom. The number of hydrogen-bond donors (Lipinski definition) is 4. The highest BCUT2D eigenvalue weighted by atomic mass is 16.5. The first-order valence-corrected chi connectivity index (χ1v) is 6.48. The summed E-state index contributed by atoms with van der Waals surface area (Å²) < 4.78 is 5.24. The Balaban J connectivity index is 1.96. The van der Waals surface area contributed by atoms with E-state index in [9.17, 15) is 5.11 Å². The maximum Gasteiger partial charge on any atom is 0.323 e. The van der Waals surface area contributed by atoms with E-state index in [-0.39, 0.29) is 18.1 Å². The minimum absolute atomic E-state index is 0.176. The topological polar surface area (TPSA) is 118 Å². The summed E-state index contributed by atoms with van der Waals surface area (Å²) in [6.07, 6.45) is 2.52. The Kier molecular flexibility index (Phi) is 4.69. The molecule has 0 aromatic carbocycles. The highest BCUT2D eigenvalue weighted by Gasteiger charge is 2.22. The first-order valence-electron chi connectivity index (χ1n) is 6.48. The molecule has 5 N–H and O–H groups in total. The molecule has 0 amide bonds. The first kappa shape index (κ1) is 13.8. The van der Waals surface area contributed by atoms with Crippen LogP contribution in [0.25, 0.3) is 0 Å². The number of nitrogen functional groups attached to an aromatic ring is 1. The number of nitrogens with zero attached hydrogens (tertiary/aromatic N) is 3. The summed E-state index contributed by atoms with van der Waals surface area (Å²) in [4.78, 5) is 12.2. The van der Waals surface area contributed by atoms with Gasteiger partial charge >= 0.3 is 6.01 Å². The van der Waals surface area contributed by atoms with Crippen LogP contribution in [-0.4, -0.2) is 39.3 Å². The van der Waals surface area contributed by atoms with Crippen molar-refractivity contribution in [3.63, 3.8) is 0 Å². The van der Waals surface area contributed by atoms with E-state index in [4.69, 9.17) is 10.6 Å². The van der Waals surface area contributed by atoms with Crippen molar-refractivity contribution in [2.24, 2.45) is 11.8 Å². The Morgan fingerprint density at radius 1 is 1.32 bits per heavy atom. The molecule has 2 unspecified atom stereocenters. The number of anilines is 2. The second-order valence-electron chi connectivity index (χ2n) is 4.56. The number of hydrazine groups is 1. The van der Waals surface area contributed by atoms with Gasteiger partial charge in [-0.15, -0.1) is 0 Å². The molecule has 19 heavy (non-hydrogen) atoms. The normalized spacial score (nSPS) is 22.3. The van der Waals surface area contributed by atoms with Gasteiger partial charge in [-0.3, -0.25) is 5.43 Å². The highest BCUT2D eigenvalue weighted by molar-refractivity contribution is 5.34. The van der Waals surface area contributed by atoms with Crippen LogP contribution in [0, 0.1) is 5.92 Å². The average Bonchev–Trinajstić information content (AvgIpc) is 2.82. The molecule has 106 valence electrons. The summed E-state index contributed by atoms with van der Waals surface area (Å²) in [7, 11) is 0. The van der Waals surface area contributed by atoms with Gasteiger partial charge in [-0.1, -0.05) is 0 Å². The molecule has 1 aromatic rings. The van der Waals surface area contributed by atoms with Crippen LogP contribution in [0.3, 0.4) is 0 Å².